The van der Waals surface area contributed by atoms with Crippen molar-refractivity contribution >= 4 is 17.9 Å². The van der Waals surface area contributed by atoms with Crippen LogP contribution >= 0.6 is 0 Å². The summed E-state index contributed by atoms with van der Waals surface area (Å²) in [6.45, 7) is 1.96. The summed E-state index contributed by atoms with van der Waals surface area (Å²) in [6, 6.07) is 12.5. The van der Waals surface area contributed by atoms with Gasteiger partial charge in [0.15, 0.2) is 0 Å². The largest absolute Gasteiger partial charge is 0.496 e. The van der Waals surface area contributed by atoms with Crippen LogP contribution in [-0.2, 0) is 9.59 Å². The lowest BCUT2D eigenvalue weighted by molar-refractivity contribution is -0.131. The highest BCUT2D eigenvalue weighted by molar-refractivity contribution is 5.92. The average molecular weight is 539 g/mol. The van der Waals surface area contributed by atoms with Crippen LogP contribution in [0.15, 0.2) is 48.5 Å². The topological polar surface area (TPSA) is 115 Å². The molecule has 2 amide bonds. The van der Waals surface area contributed by atoms with Crippen LogP contribution in [0.3, 0.4) is 0 Å². The van der Waals surface area contributed by atoms with Crippen molar-refractivity contribution in [2.75, 3.05) is 46.9 Å². The second-order valence-electron chi connectivity index (χ2n) is 9.42. The van der Waals surface area contributed by atoms with Gasteiger partial charge in [0.2, 0.25) is 11.8 Å². The van der Waals surface area contributed by atoms with Crippen LogP contribution < -0.4 is 14.8 Å². The zero-order chi connectivity index (χ0) is 28.2. The van der Waals surface area contributed by atoms with Crippen molar-refractivity contribution in [3.05, 3.63) is 65.5 Å². The Labute approximate surface area is 228 Å². The van der Waals surface area contributed by atoms with Gasteiger partial charge in [-0.2, -0.15) is 5.26 Å². The first-order valence-corrected chi connectivity index (χ1v) is 12.9. The van der Waals surface area contributed by atoms with Gasteiger partial charge in [-0.05, 0) is 61.4 Å². The van der Waals surface area contributed by atoms with Gasteiger partial charge in [0.05, 0.1) is 31.4 Å². The molecule has 0 radical (unpaired) electrons. The average Bonchev–Trinajstić information content (AvgIpc) is 2.94. The van der Waals surface area contributed by atoms with Crippen molar-refractivity contribution in [2.45, 2.75) is 31.4 Å². The number of aliphatic hydroxyl groups is 1. The molecule has 1 heterocycles. The Kier molecular flexibility index (Phi) is 11.3. The molecule has 0 spiro atoms. The van der Waals surface area contributed by atoms with E-state index < -0.39 is 6.04 Å². The van der Waals surface area contributed by atoms with Gasteiger partial charge in [-0.25, -0.2) is 4.39 Å². The molecule has 2 aromatic rings. The van der Waals surface area contributed by atoms with E-state index in [0.29, 0.717) is 42.3 Å². The summed E-state index contributed by atoms with van der Waals surface area (Å²) in [6.07, 6.45) is 4.52. The minimum absolute atomic E-state index is 0.000778. The van der Waals surface area contributed by atoms with Gasteiger partial charge >= 0.3 is 0 Å². The fraction of sp³-hybridized carbons (Fsp3) is 0.414. The van der Waals surface area contributed by atoms with Crippen molar-refractivity contribution in [3.8, 4) is 17.6 Å². The summed E-state index contributed by atoms with van der Waals surface area (Å²) in [7, 11) is 3.13. The Bertz CT molecular complexity index is 1170. The molecule has 0 bridgehead atoms. The number of halogens is 1. The molecule has 1 aliphatic rings. The zero-order valence-electron chi connectivity index (χ0n) is 22.3. The predicted octanol–water partition coefficient (Wildman–Crippen LogP) is 2.59. The molecule has 3 rings (SSSR count). The number of aliphatic hydroxyl groups excluding tert-OH is 1. The molecule has 10 heteroatoms. The quantitative estimate of drug-likeness (QED) is 0.399. The van der Waals surface area contributed by atoms with Gasteiger partial charge in [-0.3, -0.25) is 9.59 Å². The highest BCUT2D eigenvalue weighted by Gasteiger charge is 2.25. The molecule has 208 valence electrons. The number of likely N-dealkylation sites (N-methyl/N-ethyl adjacent to an activating group) is 1. The fourth-order valence-corrected chi connectivity index (χ4v) is 4.38. The lowest BCUT2D eigenvalue weighted by Gasteiger charge is -2.34. The highest BCUT2D eigenvalue weighted by Crippen LogP contribution is 2.22. The minimum atomic E-state index is -0.460. The van der Waals surface area contributed by atoms with Crippen molar-refractivity contribution in [1.82, 2.24) is 15.1 Å². The smallest absolute Gasteiger partial charge is 0.244 e. The van der Waals surface area contributed by atoms with E-state index in [2.05, 4.69) is 16.3 Å². The van der Waals surface area contributed by atoms with E-state index in [1.54, 1.807) is 43.5 Å². The van der Waals surface area contributed by atoms with Gasteiger partial charge in [0, 0.05) is 51.3 Å². The number of methoxy groups -OCH3 is 1. The number of likely N-dealkylation sites (tertiary alicyclic amines) is 1. The third-order valence-electron chi connectivity index (χ3n) is 6.53. The number of hydrogen-bond donors (Lipinski definition) is 2. The number of amides is 2. The molecule has 0 unspecified atom stereocenters. The number of nitrogens with zero attached hydrogens (tertiary/aromatic N) is 3. The lowest BCUT2D eigenvalue weighted by Crippen LogP contribution is -2.49. The summed E-state index contributed by atoms with van der Waals surface area (Å²) in [5, 5.41) is 21.3. The molecule has 0 aliphatic carbocycles. The van der Waals surface area contributed by atoms with Crippen LogP contribution in [0, 0.1) is 17.1 Å². The molecule has 39 heavy (non-hydrogen) atoms. The van der Waals surface area contributed by atoms with Gasteiger partial charge in [-0.1, -0.05) is 0 Å². The Morgan fingerprint density at radius 3 is 2.62 bits per heavy atom. The van der Waals surface area contributed by atoms with Crippen LogP contribution in [0.25, 0.3) is 6.08 Å². The second-order valence-corrected chi connectivity index (χ2v) is 9.42. The number of rotatable bonds is 12. The standard InChI is InChI=1S/C29H35FN4O5/c1-33(15-16-35)29(37)18-24(32-28(36)10-4-22-17-21(19-31)3-9-27(22)38-2)20-34-13-11-26(12-14-34)39-25-7-5-23(30)6-8-25/h3-10,17,24,26,35H,11-16,18,20H2,1-2H3,(H,32,36)/t24-/m1/s1. The van der Waals surface area contributed by atoms with E-state index >= 15 is 0 Å². The van der Waals surface area contributed by atoms with E-state index in [4.69, 9.17) is 9.47 Å². The Morgan fingerprint density at radius 2 is 1.97 bits per heavy atom. The van der Waals surface area contributed by atoms with Gasteiger partial charge in [0.1, 0.15) is 23.4 Å². The predicted molar refractivity (Wildman–Crippen MR) is 145 cm³/mol. The summed E-state index contributed by atoms with van der Waals surface area (Å²) >= 11 is 0. The number of nitriles is 1. The number of benzene rings is 2. The van der Waals surface area contributed by atoms with E-state index in [1.807, 2.05) is 0 Å². The maximum Gasteiger partial charge on any atom is 0.244 e. The SMILES string of the molecule is COc1ccc(C#N)cc1C=CC(=O)N[C@H](CC(=O)N(C)CCO)CN1CCC(Oc2ccc(F)cc2)CC1. The molecule has 2 N–H and O–H groups in total. The van der Waals surface area contributed by atoms with Crippen LogP contribution in [0.4, 0.5) is 4.39 Å². The molecule has 9 nitrogen and oxygen atoms in total. The van der Waals surface area contributed by atoms with Crippen LogP contribution in [-0.4, -0.2) is 85.8 Å². The number of carbonyl (C=O) groups is 2. The van der Waals surface area contributed by atoms with E-state index in [9.17, 15) is 24.3 Å². The highest BCUT2D eigenvalue weighted by atomic mass is 19.1. The molecular formula is C29H35FN4O5. The number of ether oxygens (including phenoxy) is 2. The monoisotopic (exact) mass is 538 g/mol. The van der Waals surface area contributed by atoms with Crippen LogP contribution in [0.1, 0.15) is 30.4 Å². The second kappa shape index (κ2) is 14.9. The molecule has 0 aromatic heterocycles. The maximum absolute atomic E-state index is 13.2. The number of carbonyl (C=O) groups excluding carboxylic acids is 2. The fourth-order valence-electron chi connectivity index (χ4n) is 4.38. The lowest BCUT2D eigenvalue weighted by atomic mass is 10.1. The van der Waals surface area contributed by atoms with Crippen molar-refractivity contribution in [3.63, 3.8) is 0 Å². The van der Waals surface area contributed by atoms with Crippen molar-refractivity contribution in [1.29, 1.82) is 5.26 Å². The first-order chi connectivity index (χ1) is 18.8. The third-order valence-corrected chi connectivity index (χ3v) is 6.53. The minimum Gasteiger partial charge on any atom is -0.496 e. The van der Waals surface area contributed by atoms with E-state index in [1.165, 1.54) is 30.2 Å². The van der Waals surface area contributed by atoms with Crippen molar-refractivity contribution in [2.24, 2.45) is 0 Å². The van der Waals surface area contributed by atoms with Gasteiger partial charge < -0.3 is 29.7 Å². The zero-order valence-corrected chi connectivity index (χ0v) is 22.3. The Hall–Kier alpha value is -3.94. The molecule has 1 atom stereocenters. The third kappa shape index (κ3) is 9.39. The molecule has 1 fully saturated rings. The molecule has 1 aliphatic heterocycles. The first-order valence-electron chi connectivity index (χ1n) is 12.9. The van der Waals surface area contributed by atoms with Gasteiger partial charge in [0.25, 0.3) is 0 Å². The Balaban J connectivity index is 1.62. The summed E-state index contributed by atoms with van der Waals surface area (Å²) in [5.74, 6) is 0.282. The van der Waals surface area contributed by atoms with E-state index in [0.717, 1.165) is 12.8 Å². The summed E-state index contributed by atoms with van der Waals surface area (Å²) < 4.78 is 24.4. The van der Waals surface area contributed by atoms with Crippen molar-refractivity contribution < 1.29 is 28.6 Å². The molecule has 2 aromatic carbocycles. The van der Waals surface area contributed by atoms with Crippen LogP contribution in [0.2, 0.25) is 0 Å². The first kappa shape index (κ1) is 29.6. The van der Waals surface area contributed by atoms with Gasteiger partial charge in [-0.15, -0.1) is 0 Å². The Morgan fingerprint density at radius 1 is 1.26 bits per heavy atom. The van der Waals surface area contributed by atoms with E-state index in [-0.39, 0.29) is 43.3 Å². The summed E-state index contributed by atoms with van der Waals surface area (Å²) in [5.41, 5.74) is 1.03. The number of nitrogens with one attached hydrogen (secondary N) is 1. The molecule has 0 saturated carbocycles. The summed E-state index contributed by atoms with van der Waals surface area (Å²) in [4.78, 5) is 29.2. The molecular weight excluding hydrogens is 503 g/mol. The molecule has 1 saturated heterocycles. The number of hydrogen-bond acceptors (Lipinski definition) is 7. The number of piperidine rings is 1. The van der Waals surface area contributed by atoms with Crippen LogP contribution in [0.5, 0.6) is 11.5 Å². The normalized spacial score (nSPS) is 14.9. The maximum atomic E-state index is 13.2.